The molecule has 4 heteroatoms. The maximum Gasteiger partial charge on any atom is 0.0972 e. The van der Waals surface area contributed by atoms with Gasteiger partial charge in [-0.2, -0.15) is 0 Å². The van der Waals surface area contributed by atoms with E-state index in [1.807, 2.05) is 0 Å². The van der Waals surface area contributed by atoms with Gasteiger partial charge >= 0.3 is 0 Å². The standard InChI is InChI=1S/C14H27NO3/c1-13(17,11-16)10-15-12-5-8-18-14(9-12)6-3-2-4-7-14/h12,15-17H,2-11H2,1H3. The predicted octanol–water partition coefficient (Wildman–Crippen LogP) is 1.20. The summed E-state index contributed by atoms with van der Waals surface area (Å²) < 4.78 is 6.04. The highest BCUT2D eigenvalue weighted by Gasteiger charge is 2.38. The third-order valence-corrected chi connectivity index (χ3v) is 4.37. The lowest BCUT2D eigenvalue weighted by Crippen LogP contribution is -2.51. The number of ether oxygens (including phenoxy) is 1. The SMILES string of the molecule is CC(O)(CO)CNC1CCOC2(CCCCC2)C1. The lowest BCUT2D eigenvalue weighted by Gasteiger charge is -2.44. The number of rotatable bonds is 4. The first kappa shape index (κ1) is 14.3. The van der Waals surface area contributed by atoms with Crippen LogP contribution in [-0.4, -0.2) is 47.2 Å². The van der Waals surface area contributed by atoms with Crippen LogP contribution in [0.5, 0.6) is 0 Å². The molecule has 0 aromatic heterocycles. The lowest BCUT2D eigenvalue weighted by molar-refractivity contribution is -0.111. The molecule has 18 heavy (non-hydrogen) atoms. The summed E-state index contributed by atoms with van der Waals surface area (Å²) in [6, 6.07) is 0.412. The molecule has 2 aliphatic rings. The van der Waals surface area contributed by atoms with Crippen LogP contribution in [0.1, 0.15) is 51.9 Å². The van der Waals surface area contributed by atoms with Gasteiger partial charge < -0.3 is 20.3 Å². The summed E-state index contributed by atoms with van der Waals surface area (Å²) in [6.07, 6.45) is 8.31. The van der Waals surface area contributed by atoms with E-state index in [1.54, 1.807) is 6.92 Å². The molecule has 0 aromatic rings. The molecule has 0 radical (unpaired) electrons. The molecular weight excluding hydrogens is 230 g/mol. The van der Waals surface area contributed by atoms with E-state index in [9.17, 15) is 5.11 Å². The largest absolute Gasteiger partial charge is 0.393 e. The summed E-state index contributed by atoms with van der Waals surface area (Å²) in [7, 11) is 0. The van der Waals surface area contributed by atoms with Crippen LogP contribution >= 0.6 is 0 Å². The average molecular weight is 257 g/mol. The molecular formula is C14H27NO3. The summed E-state index contributed by atoms with van der Waals surface area (Å²) in [5.74, 6) is 0. The van der Waals surface area contributed by atoms with E-state index < -0.39 is 5.60 Å². The topological polar surface area (TPSA) is 61.7 Å². The van der Waals surface area contributed by atoms with E-state index in [1.165, 1.54) is 32.1 Å². The minimum Gasteiger partial charge on any atom is -0.393 e. The number of aliphatic hydroxyl groups is 2. The van der Waals surface area contributed by atoms with Crippen molar-refractivity contribution in [2.75, 3.05) is 19.8 Å². The van der Waals surface area contributed by atoms with Crippen molar-refractivity contribution in [1.29, 1.82) is 0 Å². The highest BCUT2D eigenvalue weighted by molar-refractivity contribution is 4.92. The van der Waals surface area contributed by atoms with Gasteiger partial charge in [-0.3, -0.25) is 0 Å². The summed E-state index contributed by atoms with van der Waals surface area (Å²) in [5, 5.41) is 22.3. The average Bonchev–Trinajstić information content (AvgIpc) is 2.38. The summed E-state index contributed by atoms with van der Waals surface area (Å²) in [5.41, 5.74) is -0.919. The first-order chi connectivity index (χ1) is 8.55. The molecule has 4 nitrogen and oxygen atoms in total. The smallest absolute Gasteiger partial charge is 0.0972 e. The molecule has 1 saturated heterocycles. The molecule has 2 unspecified atom stereocenters. The van der Waals surface area contributed by atoms with Crippen molar-refractivity contribution in [2.24, 2.45) is 0 Å². The normalized spacial score (nSPS) is 31.2. The van der Waals surface area contributed by atoms with Gasteiger partial charge in [0.25, 0.3) is 0 Å². The zero-order valence-corrected chi connectivity index (χ0v) is 11.5. The van der Waals surface area contributed by atoms with Crippen LogP contribution in [0.2, 0.25) is 0 Å². The fourth-order valence-electron chi connectivity index (χ4n) is 3.17. The molecule has 2 rings (SSSR count). The van der Waals surface area contributed by atoms with Crippen molar-refractivity contribution in [3.63, 3.8) is 0 Å². The Labute approximate surface area is 110 Å². The van der Waals surface area contributed by atoms with Crippen molar-refractivity contribution in [1.82, 2.24) is 5.32 Å². The van der Waals surface area contributed by atoms with Crippen molar-refractivity contribution in [3.05, 3.63) is 0 Å². The summed E-state index contributed by atoms with van der Waals surface area (Å²) >= 11 is 0. The van der Waals surface area contributed by atoms with Gasteiger partial charge in [-0.05, 0) is 32.6 Å². The second kappa shape index (κ2) is 5.87. The Kier molecular flexibility index (Phi) is 4.64. The van der Waals surface area contributed by atoms with E-state index in [-0.39, 0.29) is 12.2 Å². The molecule has 2 fully saturated rings. The molecule has 2 atom stereocenters. The van der Waals surface area contributed by atoms with Crippen LogP contribution in [-0.2, 0) is 4.74 Å². The maximum atomic E-state index is 9.81. The Morgan fingerprint density at radius 1 is 1.33 bits per heavy atom. The molecule has 1 heterocycles. The fourth-order valence-corrected chi connectivity index (χ4v) is 3.17. The number of aliphatic hydroxyl groups excluding tert-OH is 1. The first-order valence-corrected chi connectivity index (χ1v) is 7.26. The van der Waals surface area contributed by atoms with Gasteiger partial charge in [0, 0.05) is 19.2 Å². The second-order valence-electron chi connectivity index (χ2n) is 6.32. The van der Waals surface area contributed by atoms with E-state index in [0.29, 0.717) is 12.6 Å². The number of hydrogen-bond donors (Lipinski definition) is 3. The zero-order valence-electron chi connectivity index (χ0n) is 11.5. The van der Waals surface area contributed by atoms with Gasteiger partial charge in [0.05, 0.1) is 17.8 Å². The third-order valence-electron chi connectivity index (χ3n) is 4.37. The molecule has 0 aromatic carbocycles. The van der Waals surface area contributed by atoms with Crippen molar-refractivity contribution < 1.29 is 14.9 Å². The Morgan fingerprint density at radius 3 is 2.72 bits per heavy atom. The van der Waals surface area contributed by atoms with Crippen molar-refractivity contribution in [3.8, 4) is 0 Å². The monoisotopic (exact) mass is 257 g/mol. The van der Waals surface area contributed by atoms with Gasteiger partial charge in [-0.15, -0.1) is 0 Å². The highest BCUT2D eigenvalue weighted by Crippen LogP contribution is 2.38. The van der Waals surface area contributed by atoms with Crippen LogP contribution in [0.4, 0.5) is 0 Å². The Bertz CT molecular complexity index is 256. The van der Waals surface area contributed by atoms with E-state index in [0.717, 1.165) is 19.4 Å². The number of hydrogen-bond acceptors (Lipinski definition) is 4. The number of nitrogens with one attached hydrogen (secondary N) is 1. The highest BCUT2D eigenvalue weighted by atomic mass is 16.5. The maximum absolute atomic E-state index is 9.81. The van der Waals surface area contributed by atoms with Crippen LogP contribution in [0.15, 0.2) is 0 Å². The third kappa shape index (κ3) is 3.67. The minimum absolute atomic E-state index is 0.0965. The molecule has 1 aliphatic carbocycles. The van der Waals surface area contributed by atoms with Crippen molar-refractivity contribution in [2.45, 2.75) is 69.1 Å². The molecule has 0 bridgehead atoms. The Morgan fingerprint density at radius 2 is 2.06 bits per heavy atom. The summed E-state index contributed by atoms with van der Waals surface area (Å²) in [6.45, 7) is 2.73. The van der Waals surface area contributed by atoms with Gasteiger partial charge in [-0.1, -0.05) is 19.3 Å². The van der Waals surface area contributed by atoms with Gasteiger partial charge in [0.15, 0.2) is 0 Å². The second-order valence-corrected chi connectivity index (χ2v) is 6.32. The van der Waals surface area contributed by atoms with Gasteiger partial charge in [0.2, 0.25) is 0 Å². The van der Waals surface area contributed by atoms with Gasteiger partial charge in [-0.25, -0.2) is 0 Å². The Hall–Kier alpha value is -0.160. The van der Waals surface area contributed by atoms with Crippen molar-refractivity contribution >= 4 is 0 Å². The van der Waals surface area contributed by atoms with Crippen LogP contribution in [0, 0.1) is 0 Å². The molecule has 0 amide bonds. The zero-order chi connectivity index (χ0) is 13.1. The molecule has 1 spiro atoms. The molecule has 1 saturated carbocycles. The quantitative estimate of drug-likeness (QED) is 0.708. The van der Waals surface area contributed by atoms with E-state index >= 15 is 0 Å². The molecule has 3 N–H and O–H groups in total. The van der Waals surface area contributed by atoms with E-state index in [4.69, 9.17) is 9.84 Å². The van der Waals surface area contributed by atoms with Gasteiger partial charge in [0.1, 0.15) is 0 Å². The predicted molar refractivity (Wildman–Crippen MR) is 70.5 cm³/mol. The van der Waals surface area contributed by atoms with Crippen LogP contribution in [0.25, 0.3) is 0 Å². The van der Waals surface area contributed by atoms with Crippen LogP contribution < -0.4 is 5.32 Å². The first-order valence-electron chi connectivity index (χ1n) is 7.26. The lowest BCUT2D eigenvalue weighted by atomic mass is 9.78. The molecule has 1 aliphatic heterocycles. The summed E-state index contributed by atoms with van der Waals surface area (Å²) in [4.78, 5) is 0. The Balaban J connectivity index is 1.83. The van der Waals surface area contributed by atoms with Crippen LogP contribution in [0.3, 0.4) is 0 Å². The minimum atomic E-state index is -1.02. The van der Waals surface area contributed by atoms with E-state index in [2.05, 4.69) is 5.32 Å². The molecule has 106 valence electrons. The fraction of sp³-hybridized carbons (Fsp3) is 1.00.